The van der Waals surface area contributed by atoms with Crippen LogP contribution in [0.15, 0.2) is 24.7 Å². The highest BCUT2D eigenvalue weighted by atomic mass is 35.5. The number of nitrogens with zero attached hydrogens (tertiary/aromatic N) is 4. The minimum atomic E-state index is 0.369. The molecule has 0 atom stereocenters. The fraction of sp³-hybridized carbons (Fsp3) is 0.222. The van der Waals surface area contributed by atoms with Crippen LogP contribution < -0.4 is 5.32 Å². The molecule has 15 heavy (non-hydrogen) atoms. The molecule has 0 radical (unpaired) electrons. The highest BCUT2D eigenvalue weighted by Gasteiger charge is 2.02. The zero-order valence-electron chi connectivity index (χ0n) is 8.18. The van der Waals surface area contributed by atoms with Crippen LogP contribution in [-0.2, 0) is 13.6 Å². The largest absolute Gasteiger partial charge is 0.362 e. The third-order valence-corrected chi connectivity index (χ3v) is 2.14. The maximum Gasteiger partial charge on any atom is 0.171 e. The van der Waals surface area contributed by atoms with Gasteiger partial charge in [0.05, 0.1) is 12.2 Å². The van der Waals surface area contributed by atoms with E-state index in [9.17, 15) is 0 Å². The normalized spacial score (nSPS) is 10.3. The van der Waals surface area contributed by atoms with Crippen molar-refractivity contribution >= 4 is 17.4 Å². The molecule has 2 aromatic rings. The van der Waals surface area contributed by atoms with Crippen LogP contribution in [0, 0.1) is 0 Å². The van der Waals surface area contributed by atoms with Gasteiger partial charge in [-0.05, 0) is 6.07 Å². The van der Waals surface area contributed by atoms with Crippen LogP contribution in [0.2, 0.25) is 5.15 Å². The minimum absolute atomic E-state index is 0.369. The molecule has 0 unspecified atom stereocenters. The fourth-order valence-electron chi connectivity index (χ4n) is 1.17. The molecule has 0 fully saturated rings. The van der Waals surface area contributed by atoms with Gasteiger partial charge in [-0.25, -0.2) is 9.97 Å². The average Bonchev–Trinajstić information content (AvgIpc) is 2.63. The molecule has 2 rings (SSSR count). The highest BCUT2D eigenvalue weighted by Crippen LogP contribution is 2.14. The lowest BCUT2D eigenvalue weighted by Gasteiger charge is -2.03. The van der Waals surface area contributed by atoms with Gasteiger partial charge < -0.3 is 5.32 Å². The molecule has 0 amide bonds. The Labute approximate surface area is 92.1 Å². The summed E-state index contributed by atoms with van der Waals surface area (Å²) in [6.07, 6.45) is 5.02. The topological polar surface area (TPSA) is 55.6 Å². The summed E-state index contributed by atoms with van der Waals surface area (Å²) in [7, 11) is 1.87. The molecule has 0 saturated carbocycles. The van der Waals surface area contributed by atoms with Gasteiger partial charge in [-0.2, -0.15) is 5.10 Å². The molecule has 0 bridgehead atoms. The van der Waals surface area contributed by atoms with E-state index in [1.807, 2.05) is 19.3 Å². The van der Waals surface area contributed by atoms with Crippen LogP contribution in [-0.4, -0.2) is 19.7 Å². The smallest absolute Gasteiger partial charge is 0.171 e. The molecule has 0 aliphatic rings. The van der Waals surface area contributed by atoms with E-state index >= 15 is 0 Å². The average molecular weight is 224 g/mol. The molecular weight excluding hydrogens is 214 g/mol. The molecule has 0 spiro atoms. The third-order valence-electron chi connectivity index (χ3n) is 1.86. The zero-order chi connectivity index (χ0) is 10.7. The fourth-order valence-corrected chi connectivity index (χ4v) is 1.34. The number of anilines is 1. The maximum atomic E-state index is 5.83. The first-order valence-corrected chi connectivity index (χ1v) is 4.82. The van der Waals surface area contributed by atoms with Crippen LogP contribution >= 0.6 is 11.6 Å². The zero-order valence-corrected chi connectivity index (χ0v) is 8.94. The molecule has 6 heteroatoms. The minimum Gasteiger partial charge on any atom is -0.362 e. The van der Waals surface area contributed by atoms with Gasteiger partial charge in [0.25, 0.3) is 0 Å². The molecule has 0 aliphatic carbocycles. The number of rotatable bonds is 3. The Morgan fingerprint density at radius 3 is 2.87 bits per heavy atom. The van der Waals surface area contributed by atoms with Gasteiger partial charge in [0.1, 0.15) is 0 Å². The van der Waals surface area contributed by atoms with Gasteiger partial charge in [-0.3, -0.25) is 4.68 Å². The number of halogens is 1. The number of hydrogen-bond acceptors (Lipinski definition) is 4. The van der Waals surface area contributed by atoms with E-state index < -0.39 is 0 Å². The summed E-state index contributed by atoms with van der Waals surface area (Å²) in [5, 5.41) is 7.65. The van der Waals surface area contributed by atoms with E-state index in [-0.39, 0.29) is 0 Å². The van der Waals surface area contributed by atoms with Crippen LogP contribution in [0.5, 0.6) is 0 Å². The van der Waals surface area contributed by atoms with E-state index in [1.54, 1.807) is 17.1 Å². The SMILES string of the molecule is Cn1ccc(CNc2nccnc2Cl)n1. The predicted octanol–water partition coefficient (Wildman–Crippen LogP) is 1.48. The van der Waals surface area contributed by atoms with Crippen molar-refractivity contribution < 1.29 is 0 Å². The second-order valence-corrected chi connectivity index (χ2v) is 3.39. The van der Waals surface area contributed by atoms with Crippen molar-refractivity contribution in [3.05, 3.63) is 35.5 Å². The van der Waals surface area contributed by atoms with Crippen molar-refractivity contribution in [3.63, 3.8) is 0 Å². The molecule has 0 saturated heterocycles. The summed E-state index contributed by atoms with van der Waals surface area (Å²) in [4.78, 5) is 7.97. The van der Waals surface area contributed by atoms with E-state index in [0.717, 1.165) is 5.69 Å². The molecule has 1 N–H and O–H groups in total. The quantitative estimate of drug-likeness (QED) is 0.856. The van der Waals surface area contributed by atoms with Crippen LogP contribution in [0.1, 0.15) is 5.69 Å². The lowest BCUT2D eigenvalue weighted by molar-refractivity contribution is 0.747. The van der Waals surface area contributed by atoms with E-state index in [4.69, 9.17) is 11.6 Å². The molecular formula is C9H10ClN5. The summed E-state index contributed by atoms with van der Waals surface area (Å²) in [6.45, 7) is 0.583. The van der Waals surface area contributed by atoms with Gasteiger partial charge in [0.15, 0.2) is 11.0 Å². The van der Waals surface area contributed by atoms with Crippen molar-refractivity contribution in [1.82, 2.24) is 19.7 Å². The standard InChI is InChI=1S/C9H10ClN5/c1-15-5-2-7(14-15)6-13-9-8(10)11-3-4-12-9/h2-5H,6H2,1H3,(H,12,13). The number of aromatic nitrogens is 4. The Bertz CT molecular complexity index is 453. The second kappa shape index (κ2) is 4.27. The molecule has 5 nitrogen and oxygen atoms in total. The summed E-state index contributed by atoms with van der Waals surface area (Å²) in [5.74, 6) is 0.574. The number of aryl methyl sites for hydroxylation is 1. The summed E-state index contributed by atoms with van der Waals surface area (Å²) < 4.78 is 1.75. The molecule has 2 aromatic heterocycles. The van der Waals surface area contributed by atoms with Crippen molar-refractivity contribution in [2.75, 3.05) is 5.32 Å². The van der Waals surface area contributed by atoms with E-state index in [0.29, 0.717) is 17.5 Å². The summed E-state index contributed by atoms with van der Waals surface area (Å²) in [5.41, 5.74) is 0.930. The lowest BCUT2D eigenvalue weighted by Crippen LogP contribution is -2.03. The molecule has 78 valence electrons. The van der Waals surface area contributed by atoms with Gasteiger partial charge in [-0.1, -0.05) is 11.6 Å². The van der Waals surface area contributed by atoms with Gasteiger partial charge in [0.2, 0.25) is 0 Å². The van der Waals surface area contributed by atoms with E-state index in [1.165, 1.54) is 0 Å². The van der Waals surface area contributed by atoms with Crippen molar-refractivity contribution in [3.8, 4) is 0 Å². The number of hydrogen-bond donors (Lipinski definition) is 1. The summed E-state index contributed by atoms with van der Waals surface area (Å²) >= 11 is 5.83. The second-order valence-electron chi connectivity index (χ2n) is 3.03. The Morgan fingerprint density at radius 2 is 2.20 bits per heavy atom. The Kier molecular flexibility index (Phi) is 2.82. The molecule has 0 aromatic carbocycles. The van der Waals surface area contributed by atoms with Crippen molar-refractivity contribution in [2.45, 2.75) is 6.54 Å². The maximum absolute atomic E-state index is 5.83. The van der Waals surface area contributed by atoms with Crippen molar-refractivity contribution in [2.24, 2.45) is 7.05 Å². The first-order valence-electron chi connectivity index (χ1n) is 4.44. The first-order chi connectivity index (χ1) is 7.25. The Morgan fingerprint density at radius 1 is 1.40 bits per heavy atom. The number of nitrogens with one attached hydrogen (secondary N) is 1. The Hall–Kier alpha value is -1.62. The van der Waals surface area contributed by atoms with Crippen LogP contribution in [0.4, 0.5) is 5.82 Å². The van der Waals surface area contributed by atoms with Gasteiger partial charge >= 0.3 is 0 Å². The van der Waals surface area contributed by atoms with Gasteiger partial charge in [0, 0.05) is 25.6 Å². The monoisotopic (exact) mass is 223 g/mol. The first kappa shape index (κ1) is 9.92. The predicted molar refractivity (Wildman–Crippen MR) is 57.6 cm³/mol. The lowest BCUT2D eigenvalue weighted by atomic mass is 10.4. The Balaban J connectivity index is 2.02. The molecule has 2 heterocycles. The third kappa shape index (κ3) is 2.44. The van der Waals surface area contributed by atoms with E-state index in [2.05, 4.69) is 20.4 Å². The summed E-state index contributed by atoms with van der Waals surface area (Å²) in [6, 6.07) is 1.93. The highest BCUT2D eigenvalue weighted by molar-refractivity contribution is 6.31. The van der Waals surface area contributed by atoms with Crippen molar-refractivity contribution in [1.29, 1.82) is 0 Å². The van der Waals surface area contributed by atoms with Gasteiger partial charge in [-0.15, -0.1) is 0 Å². The van der Waals surface area contributed by atoms with Crippen LogP contribution in [0.25, 0.3) is 0 Å². The molecule has 0 aliphatic heterocycles. The van der Waals surface area contributed by atoms with Crippen LogP contribution in [0.3, 0.4) is 0 Å².